The van der Waals surface area contributed by atoms with Gasteiger partial charge in [-0.15, -0.1) is 6.58 Å². The van der Waals surface area contributed by atoms with Crippen molar-refractivity contribution in [3.63, 3.8) is 0 Å². The van der Waals surface area contributed by atoms with E-state index in [9.17, 15) is 4.79 Å². The average molecular weight is 533 g/mol. The summed E-state index contributed by atoms with van der Waals surface area (Å²) in [6.07, 6.45) is 7.98. The summed E-state index contributed by atoms with van der Waals surface area (Å²) in [6.45, 7) is 12.7. The molecule has 39 heavy (non-hydrogen) atoms. The molecule has 0 aliphatic carbocycles. The highest BCUT2D eigenvalue weighted by Crippen LogP contribution is 2.33. The van der Waals surface area contributed by atoms with Crippen LogP contribution in [0.2, 0.25) is 0 Å². The minimum atomic E-state index is -0.0287. The first kappa shape index (κ1) is 29.3. The van der Waals surface area contributed by atoms with Gasteiger partial charge in [0.1, 0.15) is 5.75 Å². The molecule has 0 saturated carbocycles. The van der Waals surface area contributed by atoms with Gasteiger partial charge in [0.15, 0.2) is 0 Å². The van der Waals surface area contributed by atoms with Gasteiger partial charge in [-0.25, -0.2) is 0 Å². The lowest BCUT2D eigenvalue weighted by Gasteiger charge is -2.40. The van der Waals surface area contributed by atoms with Gasteiger partial charge in [-0.1, -0.05) is 30.3 Å². The van der Waals surface area contributed by atoms with E-state index in [1.807, 2.05) is 18.2 Å². The van der Waals surface area contributed by atoms with Crippen LogP contribution in [0.15, 0.2) is 61.2 Å². The Morgan fingerprint density at radius 2 is 1.56 bits per heavy atom. The first-order valence-electron chi connectivity index (χ1n) is 14.8. The van der Waals surface area contributed by atoms with E-state index in [-0.39, 0.29) is 5.91 Å². The third kappa shape index (κ3) is 9.48. The zero-order valence-corrected chi connectivity index (χ0v) is 24.1. The Hall–Kier alpha value is -2.67. The zero-order valence-electron chi connectivity index (χ0n) is 24.1. The lowest BCUT2D eigenvalue weighted by molar-refractivity contribution is 0.0908. The number of likely N-dealkylation sites (tertiary alicyclic amines) is 2. The van der Waals surface area contributed by atoms with Gasteiger partial charge in [-0.3, -0.25) is 14.6 Å². The zero-order chi connectivity index (χ0) is 27.5. The predicted octanol–water partition coefficient (Wildman–Crippen LogP) is 5.06. The van der Waals surface area contributed by atoms with Crippen molar-refractivity contribution in [2.24, 2.45) is 11.8 Å². The number of amides is 1. The third-order valence-electron chi connectivity index (χ3n) is 8.28. The number of hydrogen-bond donors (Lipinski definition) is 1. The second kappa shape index (κ2) is 15.2. The number of carbonyl (C=O) groups is 1. The third-order valence-corrected chi connectivity index (χ3v) is 8.28. The van der Waals surface area contributed by atoms with E-state index >= 15 is 0 Å². The van der Waals surface area contributed by atoms with Gasteiger partial charge in [0.05, 0.1) is 6.61 Å². The summed E-state index contributed by atoms with van der Waals surface area (Å²) in [5, 5.41) is 2.87. The van der Waals surface area contributed by atoms with Gasteiger partial charge in [-0.2, -0.15) is 0 Å². The Morgan fingerprint density at radius 3 is 2.15 bits per heavy atom. The van der Waals surface area contributed by atoms with Crippen molar-refractivity contribution in [3.8, 4) is 5.75 Å². The molecule has 2 aliphatic rings. The van der Waals surface area contributed by atoms with Crippen molar-refractivity contribution in [2.75, 3.05) is 60.0 Å². The molecule has 1 N–H and O–H groups in total. The molecule has 6 nitrogen and oxygen atoms in total. The van der Waals surface area contributed by atoms with Crippen LogP contribution < -0.4 is 10.1 Å². The van der Waals surface area contributed by atoms with Gasteiger partial charge in [0.25, 0.3) is 5.91 Å². The van der Waals surface area contributed by atoms with Crippen molar-refractivity contribution in [3.05, 3.63) is 77.9 Å². The van der Waals surface area contributed by atoms with E-state index < -0.39 is 0 Å². The van der Waals surface area contributed by atoms with Crippen LogP contribution in [0.5, 0.6) is 5.75 Å². The molecule has 2 aliphatic heterocycles. The van der Waals surface area contributed by atoms with E-state index in [4.69, 9.17) is 4.74 Å². The first-order chi connectivity index (χ1) is 19.0. The van der Waals surface area contributed by atoms with Crippen LogP contribution in [0, 0.1) is 11.8 Å². The maximum absolute atomic E-state index is 12.3. The SMILES string of the molecule is C=CCNC(=O)c1cccc(CN2CCC(C3CCN(Cc4ccc(OCCCN(C)C)cc4)CC3)CC2)c1. The normalized spacial score (nSPS) is 17.8. The molecule has 0 spiro atoms. The van der Waals surface area contributed by atoms with E-state index in [2.05, 4.69) is 71.0 Å². The molecule has 2 fully saturated rings. The summed E-state index contributed by atoms with van der Waals surface area (Å²) in [4.78, 5) is 19.7. The molecule has 0 unspecified atom stereocenters. The van der Waals surface area contributed by atoms with Crippen molar-refractivity contribution in [2.45, 2.75) is 45.2 Å². The molecular formula is C33H48N4O2. The van der Waals surface area contributed by atoms with Gasteiger partial charge in [0, 0.05) is 31.7 Å². The van der Waals surface area contributed by atoms with Gasteiger partial charge < -0.3 is 15.0 Å². The van der Waals surface area contributed by atoms with E-state index in [1.165, 1.54) is 49.9 Å². The number of carbonyl (C=O) groups excluding carboxylic acids is 1. The van der Waals surface area contributed by atoms with Crippen LogP contribution in [0.1, 0.15) is 53.6 Å². The monoisotopic (exact) mass is 532 g/mol. The largest absolute Gasteiger partial charge is 0.494 e. The molecule has 2 saturated heterocycles. The number of nitrogens with zero attached hydrogens (tertiary/aromatic N) is 3. The van der Waals surface area contributed by atoms with Crippen molar-refractivity contribution < 1.29 is 9.53 Å². The number of nitrogens with one attached hydrogen (secondary N) is 1. The van der Waals surface area contributed by atoms with Crippen LogP contribution >= 0.6 is 0 Å². The fraction of sp³-hybridized carbons (Fsp3) is 0.545. The Kier molecular flexibility index (Phi) is 11.4. The van der Waals surface area contributed by atoms with E-state index in [0.29, 0.717) is 6.54 Å². The molecule has 2 heterocycles. The van der Waals surface area contributed by atoms with Crippen LogP contribution in [-0.4, -0.2) is 80.6 Å². The number of piperidine rings is 2. The number of hydrogen-bond acceptors (Lipinski definition) is 5. The first-order valence-corrected chi connectivity index (χ1v) is 14.8. The fourth-order valence-electron chi connectivity index (χ4n) is 6.02. The molecular weight excluding hydrogens is 484 g/mol. The lowest BCUT2D eigenvalue weighted by Crippen LogP contribution is -2.40. The molecule has 212 valence electrons. The quantitative estimate of drug-likeness (QED) is 0.289. The minimum absolute atomic E-state index is 0.0287. The lowest BCUT2D eigenvalue weighted by atomic mass is 9.78. The summed E-state index contributed by atoms with van der Waals surface area (Å²) in [5.41, 5.74) is 3.33. The predicted molar refractivity (Wildman–Crippen MR) is 160 cm³/mol. The molecule has 0 aromatic heterocycles. The van der Waals surface area contributed by atoms with Crippen LogP contribution in [0.3, 0.4) is 0 Å². The molecule has 0 atom stereocenters. The maximum Gasteiger partial charge on any atom is 0.251 e. The molecule has 0 bridgehead atoms. The second-order valence-electron chi connectivity index (χ2n) is 11.6. The second-order valence-corrected chi connectivity index (χ2v) is 11.6. The Balaban J connectivity index is 1.14. The minimum Gasteiger partial charge on any atom is -0.494 e. The topological polar surface area (TPSA) is 48.1 Å². The molecule has 6 heteroatoms. The van der Waals surface area contributed by atoms with Gasteiger partial charge in [0.2, 0.25) is 0 Å². The average Bonchev–Trinajstić information content (AvgIpc) is 2.96. The number of ether oxygens (including phenoxy) is 1. The highest BCUT2D eigenvalue weighted by Gasteiger charge is 2.29. The summed E-state index contributed by atoms with van der Waals surface area (Å²) in [5.74, 6) is 2.66. The van der Waals surface area contributed by atoms with Gasteiger partial charge in [-0.05, 0) is 120 Å². The van der Waals surface area contributed by atoms with Crippen LogP contribution in [0.25, 0.3) is 0 Å². The summed E-state index contributed by atoms with van der Waals surface area (Å²) < 4.78 is 5.89. The summed E-state index contributed by atoms with van der Waals surface area (Å²) in [7, 11) is 4.19. The number of rotatable bonds is 13. The van der Waals surface area contributed by atoms with Crippen molar-refractivity contribution >= 4 is 5.91 Å². The highest BCUT2D eigenvalue weighted by molar-refractivity contribution is 5.94. The molecule has 1 amide bonds. The molecule has 0 radical (unpaired) electrons. The molecule has 2 aromatic carbocycles. The highest BCUT2D eigenvalue weighted by atomic mass is 16.5. The smallest absolute Gasteiger partial charge is 0.251 e. The van der Waals surface area contributed by atoms with E-state index in [0.717, 1.165) is 68.9 Å². The Labute approximate surface area is 236 Å². The summed E-state index contributed by atoms with van der Waals surface area (Å²) >= 11 is 0. The fourth-order valence-corrected chi connectivity index (χ4v) is 6.02. The van der Waals surface area contributed by atoms with Crippen LogP contribution in [0.4, 0.5) is 0 Å². The standard InChI is InChI=1S/C33H48N4O2/c1-4-17-34-33(38)31-8-5-7-28(24-31)26-37-21-15-30(16-22-37)29-13-19-36(20-14-29)25-27-9-11-32(12-10-27)39-23-6-18-35(2)3/h4-5,7-12,24,29-30H,1,6,13-23,25-26H2,2-3H3,(H,34,38). The Bertz CT molecular complexity index is 1020. The van der Waals surface area contributed by atoms with Crippen molar-refractivity contribution in [1.29, 1.82) is 0 Å². The Morgan fingerprint density at radius 1 is 0.949 bits per heavy atom. The molecule has 4 rings (SSSR count). The van der Waals surface area contributed by atoms with E-state index in [1.54, 1.807) is 6.08 Å². The van der Waals surface area contributed by atoms with Crippen LogP contribution in [-0.2, 0) is 13.1 Å². The number of benzene rings is 2. The van der Waals surface area contributed by atoms with Gasteiger partial charge >= 0.3 is 0 Å². The maximum atomic E-state index is 12.3. The summed E-state index contributed by atoms with van der Waals surface area (Å²) in [6, 6.07) is 16.8. The van der Waals surface area contributed by atoms with Crippen molar-refractivity contribution in [1.82, 2.24) is 20.0 Å². The molecule has 2 aromatic rings.